The summed E-state index contributed by atoms with van der Waals surface area (Å²) in [5.74, 6) is 0. The van der Waals surface area contributed by atoms with Crippen LogP contribution in [0.15, 0.2) is 201 Å². The lowest BCUT2D eigenvalue weighted by Crippen LogP contribution is -2.22. The molecule has 0 aliphatic carbocycles. The smallest absolute Gasteiger partial charge is 0.0721 e. The molecule has 0 fully saturated rings. The van der Waals surface area contributed by atoms with E-state index in [0.717, 1.165) is 33.7 Å². The van der Waals surface area contributed by atoms with Gasteiger partial charge in [0.1, 0.15) is 0 Å². The number of nitrogens with zero attached hydrogens (tertiary/aromatic N) is 1. The molecule has 54 heavy (non-hydrogen) atoms. The third-order valence-electron chi connectivity index (χ3n) is 10.5. The van der Waals surface area contributed by atoms with Gasteiger partial charge in [-0.1, -0.05) is 170 Å². The zero-order valence-electron chi connectivity index (χ0n) is 30.3. The molecule has 1 aliphatic rings. The summed E-state index contributed by atoms with van der Waals surface area (Å²) >= 11 is 0. The maximum atomic E-state index is 4.56. The van der Waals surface area contributed by atoms with Gasteiger partial charge in [0, 0.05) is 22.2 Å². The van der Waals surface area contributed by atoms with Gasteiger partial charge in [-0.05, 0) is 99.0 Å². The van der Waals surface area contributed by atoms with Crippen molar-refractivity contribution in [2.45, 2.75) is 13.0 Å². The van der Waals surface area contributed by atoms with E-state index in [1.165, 1.54) is 55.2 Å². The van der Waals surface area contributed by atoms with E-state index >= 15 is 0 Å². The minimum absolute atomic E-state index is 0.0250. The molecule has 0 saturated carbocycles. The minimum Gasteiger partial charge on any atom is -0.374 e. The van der Waals surface area contributed by atoms with E-state index in [0.29, 0.717) is 0 Å². The number of hydrogen-bond acceptors (Lipinski definition) is 1. The van der Waals surface area contributed by atoms with Crippen molar-refractivity contribution in [1.29, 1.82) is 0 Å². The Bertz CT molecular complexity index is 2730. The molecular formula is C52H40N2. The molecular weight excluding hydrogens is 653 g/mol. The van der Waals surface area contributed by atoms with Gasteiger partial charge in [0.15, 0.2) is 0 Å². The number of fused-ring (bicyclic) bond motifs is 3. The summed E-state index contributed by atoms with van der Waals surface area (Å²) in [6.07, 6.45) is 8.94. The highest BCUT2D eigenvalue weighted by molar-refractivity contribution is 6.12. The molecule has 1 atom stereocenters. The first kappa shape index (κ1) is 33.0. The fraction of sp³-hybridized carbons (Fsp3) is 0.0385. The highest BCUT2D eigenvalue weighted by Gasteiger charge is 2.21. The van der Waals surface area contributed by atoms with Crippen molar-refractivity contribution in [2.24, 2.45) is 0 Å². The molecule has 8 aromatic rings. The van der Waals surface area contributed by atoms with Crippen molar-refractivity contribution in [1.82, 2.24) is 9.88 Å². The van der Waals surface area contributed by atoms with Crippen molar-refractivity contribution < 1.29 is 0 Å². The van der Waals surface area contributed by atoms with E-state index in [-0.39, 0.29) is 6.04 Å². The first-order chi connectivity index (χ1) is 26.6. The number of dihydropyridines is 1. The molecule has 2 nitrogen and oxygen atoms in total. The Labute approximate surface area is 317 Å². The molecule has 1 aromatic heterocycles. The van der Waals surface area contributed by atoms with Crippen molar-refractivity contribution in [3.05, 3.63) is 229 Å². The van der Waals surface area contributed by atoms with E-state index in [2.05, 4.69) is 224 Å². The Kier molecular flexibility index (Phi) is 8.70. The lowest BCUT2D eigenvalue weighted by Gasteiger charge is -2.26. The zero-order valence-corrected chi connectivity index (χ0v) is 30.3. The standard InChI is InChI=1S/C52H40N2/c1-3-15-44-32-42(28-30-46(44)36(2)37-24-26-39(27-25-37)38-16-7-4-8-17-38)43-29-31-52-48(33-43)47-22-13-14-23-51(47)54(52)45-34-49(40-18-9-5-10-19-40)53-50(35-45)41-20-11-6-12-21-41/h3-35,49,53H,2H2,1H3/b15-3-. The van der Waals surface area contributed by atoms with Gasteiger partial charge in [-0.25, -0.2) is 0 Å². The summed E-state index contributed by atoms with van der Waals surface area (Å²) in [6, 6.07) is 63.0. The van der Waals surface area contributed by atoms with Crippen LogP contribution in [0.25, 0.3) is 67.1 Å². The maximum Gasteiger partial charge on any atom is 0.0721 e. The Balaban J connectivity index is 1.12. The Hall–Kier alpha value is -6.90. The summed E-state index contributed by atoms with van der Waals surface area (Å²) in [5, 5.41) is 6.28. The van der Waals surface area contributed by atoms with E-state index in [9.17, 15) is 0 Å². The van der Waals surface area contributed by atoms with Crippen LogP contribution < -0.4 is 5.32 Å². The van der Waals surface area contributed by atoms with Crippen LogP contribution in [0.4, 0.5) is 0 Å². The second-order valence-corrected chi connectivity index (χ2v) is 13.9. The SMILES string of the molecule is C=C(c1ccc(-c2ccccc2)cc1)c1ccc(-c2ccc3c(c2)c2ccccc2n3C2=CC(c3ccccc3)NC(c3ccccc3)=C2)cc1/C=C\C. The van der Waals surface area contributed by atoms with Gasteiger partial charge >= 0.3 is 0 Å². The first-order valence-corrected chi connectivity index (χ1v) is 18.6. The molecule has 0 spiro atoms. The molecule has 2 heteroatoms. The normalized spacial score (nSPS) is 14.2. The Morgan fingerprint density at radius 2 is 1.17 bits per heavy atom. The lowest BCUT2D eigenvalue weighted by molar-refractivity contribution is 0.762. The van der Waals surface area contributed by atoms with Gasteiger partial charge in [-0.15, -0.1) is 0 Å². The minimum atomic E-state index is 0.0250. The molecule has 7 aromatic carbocycles. The number of nitrogens with one attached hydrogen (secondary N) is 1. The van der Waals surface area contributed by atoms with Crippen LogP contribution >= 0.6 is 0 Å². The molecule has 1 aliphatic heterocycles. The summed E-state index contributed by atoms with van der Waals surface area (Å²) in [5.41, 5.74) is 16.2. The number of para-hydroxylation sites is 1. The number of benzene rings is 7. The zero-order chi connectivity index (χ0) is 36.4. The predicted molar refractivity (Wildman–Crippen MR) is 231 cm³/mol. The van der Waals surface area contributed by atoms with Crippen LogP contribution in [-0.2, 0) is 0 Å². The number of rotatable bonds is 8. The van der Waals surface area contributed by atoms with Crippen LogP contribution in [-0.4, -0.2) is 4.57 Å². The molecule has 1 N–H and O–H groups in total. The molecule has 1 unspecified atom stereocenters. The van der Waals surface area contributed by atoms with Crippen molar-refractivity contribution in [3.63, 3.8) is 0 Å². The average Bonchev–Trinajstić information content (AvgIpc) is 3.58. The summed E-state index contributed by atoms with van der Waals surface area (Å²) in [7, 11) is 0. The molecule has 9 rings (SSSR count). The second kappa shape index (κ2) is 14.3. The molecule has 258 valence electrons. The van der Waals surface area contributed by atoms with Crippen LogP contribution in [0.2, 0.25) is 0 Å². The average molecular weight is 693 g/mol. The fourth-order valence-electron chi connectivity index (χ4n) is 7.80. The predicted octanol–water partition coefficient (Wildman–Crippen LogP) is 13.4. The first-order valence-electron chi connectivity index (χ1n) is 18.6. The van der Waals surface area contributed by atoms with Crippen LogP contribution in [0.5, 0.6) is 0 Å². The molecule has 0 radical (unpaired) electrons. The Morgan fingerprint density at radius 3 is 1.91 bits per heavy atom. The third kappa shape index (κ3) is 6.18. The van der Waals surface area contributed by atoms with Gasteiger partial charge in [0.2, 0.25) is 0 Å². The molecule has 0 amide bonds. The molecule has 0 saturated heterocycles. The molecule has 0 bridgehead atoms. The van der Waals surface area contributed by atoms with Crippen molar-refractivity contribution >= 4 is 44.8 Å². The van der Waals surface area contributed by atoms with Gasteiger partial charge in [-0.3, -0.25) is 0 Å². The van der Waals surface area contributed by atoms with E-state index < -0.39 is 0 Å². The summed E-state index contributed by atoms with van der Waals surface area (Å²) in [6.45, 7) is 6.64. The van der Waals surface area contributed by atoms with E-state index in [1.807, 2.05) is 0 Å². The van der Waals surface area contributed by atoms with E-state index in [1.54, 1.807) is 0 Å². The van der Waals surface area contributed by atoms with Crippen LogP contribution in [0.1, 0.15) is 40.8 Å². The number of hydrogen-bond donors (Lipinski definition) is 1. The summed E-state index contributed by atoms with van der Waals surface area (Å²) < 4.78 is 2.43. The lowest BCUT2D eigenvalue weighted by atomic mass is 9.91. The maximum absolute atomic E-state index is 4.56. The third-order valence-corrected chi connectivity index (χ3v) is 10.5. The largest absolute Gasteiger partial charge is 0.374 e. The summed E-state index contributed by atoms with van der Waals surface area (Å²) in [4.78, 5) is 0. The highest BCUT2D eigenvalue weighted by Crippen LogP contribution is 2.39. The van der Waals surface area contributed by atoms with E-state index in [4.69, 9.17) is 0 Å². The van der Waals surface area contributed by atoms with Crippen LogP contribution in [0.3, 0.4) is 0 Å². The monoisotopic (exact) mass is 692 g/mol. The highest BCUT2D eigenvalue weighted by atomic mass is 15.0. The van der Waals surface area contributed by atoms with Crippen molar-refractivity contribution in [3.8, 4) is 22.3 Å². The number of aromatic nitrogens is 1. The van der Waals surface area contributed by atoms with Gasteiger partial charge in [0.25, 0.3) is 0 Å². The van der Waals surface area contributed by atoms with Gasteiger partial charge in [0.05, 0.1) is 17.1 Å². The second-order valence-electron chi connectivity index (χ2n) is 13.9. The van der Waals surface area contributed by atoms with Gasteiger partial charge in [-0.2, -0.15) is 0 Å². The molecule has 2 heterocycles. The van der Waals surface area contributed by atoms with Gasteiger partial charge < -0.3 is 9.88 Å². The van der Waals surface area contributed by atoms with Crippen LogP contribution in [0, 0.1) is 0 Å². The quantitative estimate of drug-likeness (QED) is 0.168. The Morgan fingerprint density at radius 1 is 0.574 bits per heavy atom. The topological polar surface area (TPSA) is 17.0 Å². The van der Waals surface area contributed by atoms with Crippen molar-refractivity contribution in [2.75, 3.05) is 0 Å². The number of allylic oxidation sites excluding steroid dienone is 3. The fourth-order valence-corrected chi connectivity index (χ4v) is 7.80.